The van der Waals surface area contributed by atoms with E-state index in [-0.39, 0.29) is 17.5 Å². The first-order valence-corrected chi connectivity index (χ1v) is 11.3. The predicted molar refractivity (Wildman–Crippen MR) is 128 cm³/mol. The molecule has 0 aliphatic heterocycles. The number of imidazole rings is 1. The van der Waals surface area contributed by atoms with Crippen LogP contribution >= 0.6 is 0 Å². The van der Waals surface area contributed by atoms with Crippen LogP contribution in [0.15, 0.2) is 35.1 Å². The molecule has 174 valence electrons. The SMILES string of the molecule is CCCCOc1nc(N)c2[nH]c(=O)n(CCCN(CCN(C)C)Cc3ccccc3)c2n1. The summed E-state index contributed by atoms with van der Waals surface area (Å²) in [6.45, 7) is 6.82. The van der Waals surface area contributed by atoms with Crippen LogP contribution in [0.4, 0.5) is 5.82 Å². The summed E-state index contributed by atoms with van der Waals surface area (Å²) in [4.78, 5) is 28.6. The molecule has 0 amide bonds. The fourth-order valence-electron chi connectivity index (χ4n) is 3.52. The maximum Gasteiger partial charge on any atom is 0.327 e. The zero-order valence-electron chi connectivity index (χ0n) is 19.4. The number of unbranched alkanes of at least 4 members (excludes halogenated alkanes) is 1. The minimum Gasteiger partial charge on any atom is -0.463 e. The van der Waals surface area contributed by atoms with Gasteiger partial charge < -0.3 is 20.4 Å². The van der Waals surface area contributed by atoms with Crippen molar-refractivity contribution in [3.05, 3.63) is 46.4 Å². The molecule has 0 unspecified atom stereocenters. The van der Waals surface area contributed by atoms with E-state index >= 15 is 0 Å². The lowest BCUT2D eigenvalue weighted by molar-refractivity contribution is 0.228. The summed E-state index contributed by atoms with van der Waals surface area (Å²) in [5, 5.41) is 0. The van der Waals surface area contributed by atoms with E-state index in [1.54, 1.807) is 4.57 Å². The van der Waals surface area contributed by atoms with Gasteiger partial charge in [0.05, 0.1) is 6.61 Å². The van der Waals surface area contributed by atoms with Gasteiger partial charge >= 0.3 is 11.7 Å². The van der Waals surface area contributed by atoms with Crippen molar-refractivity contribution < 1.29 is 4.74 Å². The number of aryl methyl sites for hydroxylation is 1. The Morgan fingerprint density at radius 3 is 2.59 bits per heavy atom. The number of benzene rings is 1. The highest BCUT2D eigenvalue weighted by Gasteiger charge is 2.15. The van der Waals surface area contributed by atoms with E-state index in [1.807, 2.05) is 6.07 Å². The Hall–Kier alpha value is -2.91. The number of hydrogen-bond donors (Lipinski definition) is 2. The van der Waals surface area contributed by atoms with Crippen molar-refractivity contribution in [3.8, 4) is 6.01 Å². The van der Waals surface area contributed by atoms with Crippen LogP contribution in [0, 0.1) is 0 Å². The third-order valence-corrected chi connectivity index (χ3v) is 5.33. The maximum atomic E-state index is 12.6. The molecule has 9 heteroatoms. The molecule has 3 N–H and O–H groups in total. The van der Waals surface area contributed by atoms with Gasteiger partial charge in [-0.1, -0.05) is 43.7 Å². The van der Waals surface area contributed by atoms with Gasteiger partial charge in [-0.3, -0.25) is 9.47 Å². The van der Waals surface area contributed by atoms with E-state index in [4.69, 9.17) is 10.5 Å². The van der Waals surface area contributed by atoms with Crippen molar-refractivity contribution in [1.29, 1.82) is 0 Å². The molecule has 3 aromatic rings. The van der Waals surface area contributed by atoms with Crippen molar-refractivity contribution in [1.82, 2.24) is 29.3 Å². The first-order chi connectivity index (χ1) is 15.5. The summed E-state index contributed by atoms with van der Waals surface area (Å²) in [7, 11) is 4.16. The minimum absolute atomic E-state index is 0.216. The molecule has 2 aromatic heterocycles. The van der Waals surface area contributed by atoms with Crippen LogP contribution in [0.25, 0.3) is 11.2 Å². The molecule has 0 atom stereocenters. The van der Waals surface area contributed by atoms with Crippen LogP contribution < -0.4 is 16.2 Å². The lowest BCUT2D eigenvalue weighted by atomic mass is 10.2. The van der Waals surface area contributed by atoms with Crippen molar-refractivity contribution in [3.63, 3.8) is 0 Å². The second-order valence-corrected chi connectivity index (χ2v) is 8.29. The van der Waals surface area contributed by atoms with Crippen molar-refractivity contribution >= 4 is 17.0 Å². The Balaban J connectivity index is 1.70. The number of aromatic amines is 1. The molecule has 0 aliphatic rings. The molecule has 1 aromatic carbocycles. The third kappa shape index (κ3) is 6.54. The summed E-state index contributed by atoms with van der Waals surface area (Å²) in [5.74, 6) is 0.231. The van der Waals surface area contributed by atoms with E-state index in [1.165, 1.54) is 5.56 Å². The average Bonchev–Trinajstić information content (AvgIpc) is 3.09. The molecule has 9 nitrogen and oxygen atoms in total. The number of nitrogens with one attached hydrogen (secondary N) is 1. The zero-order valence-corrected chi connectivity index (χ0v) is 19.4. The van der Waals surface area contributed by atoms with Crippen LogP contribution in [-0.2, 0) is 13.1 Å². The van der Waals surface area contributed by atoms with Gasteiger partial charge in [0.15, 0.2) is 11.5 Å². The number of ether oxygens (including phenoxy) is 1. The third-order valence-electron chi connectivity index (χ3n) is 5.33. The van der Waals surface area contributed by atoms with Crippen LogP contribution in [0.2, 0.25) is 0 Å². The van der Waals surface area contributed by atoms with E-state index < -0.39 is 0 Å². The molecular formula is C23H35N7O2. The number of fused-ring (bicyclic) bond motifs is 1. The Kier molecular flexibility index (Phi) is 8.64. The molecular weight excluding hydrogens is 406 g/mol. The molecule has 0 saturated heterocycles. The molecule has 0 fully saturated rings. The molecule has 0 bridgehead atoms. The largest absolute Gasteiger partial charge is 0.463 e. The molecule has 2 heterocycles. The second kappa shape index (κ2) is 11.6. The number of nitrogens with two attached hydrogens (primary N) is 1. The van der Waals surface area contributed by atoms with Gasteiger partial charge in [-0.2, -0.15) is 9.97 Å². The van der Waals surface area contributed by atoms with Gasteiger partial charge in [0.2, 0.25) is 0 Å². The quantitative estimate of drug-likeness (QED) is 0.392. The normalized spacial score (nSPS) is 11.7. The van der Waals surface area contributed by atoms with Gasteiger partial charge in [0, 0.05) is 32.7 Å². The van der Waals surface area contributed by atoms with Gasteiger partial charge in [-0.15, -0.1) is 0 Å². The number of aromatic nitrogens is 4. The highest BCUT2D eigenvalue weighted by atomic mass is 16.5. The van der Waals surface area contributed by atoms with Crippen LogP contribution in [0.3, 0.4) is 0 Å². The summed E-state index contributed by atoms with van der Waals surface area (Å²) >= 11 is 0. The monoisotopic (exact) mass is 441 g/mol. The molecule has 32 heavy (non-hydrogen) atoms. The van der Waals surface area contributed by atoms with E-state index in [9.17, 15) is 4.79 Å². The number of H-pyrrole nitrogens is 1. The summed E-state index contributed by atoms with van der Waals surface area (Å²) in [5.41, 5.74) is 8.06. The molecule has 3 rings (SSSR count). The summed E-state index contributed by atoms with van der Waals surface area (Å²) < 4.78 is 7.25. The smallest absolute Gasteiger partial charge is 0.327 e. The Bertz CT molecular complexity index is 1030. The van der Waals surface area contributed by atoms with Crippen LogP contribution in [-0.4, -0.2) is 69.7 Å². The van der Waals surface area contributed by atoms with Crippen molar-refractivity contribution in [2.24, 2.45) is 0 Å². The van der Waals surface area contributed by atoms with Gasteiger partial charge in [0.1, 0.15) is 5.52 Å². The molecule has 0 spiro atoms. The van der Waals surface area contributed by atoms with Crippen LogP contribution in [0.1, 0.15) is 31.7 Å². The first-order valence-electron chi connectivity index (χ1n) is 11.3. The minimum atomic E-state index is -0.227. The number of hydrogen-bond acceptors (Lipinski definition) is 7. The number of anilines is 1. The van der Waals surface area contributed by atoms with Gasteiger partial charge in [-0.25, -0.2) is 4.79 Å². The fraction of sp³-hybridized carbons (Fsp3) is 0.522. The molecule has 0 saturated carbocycles. The van der Waals surface area contributed by atoms with Crippen molar-refractivity contribution in [2.45, 2.75) is 39.3 Å². The predicted octanol–water partition coefficient (Wildman–Crippen LogP) is 2.33. The van der Waals surface area contributed by atoms with E-state index in [0.29, 0.717) is 24.3 Å². The highest BCUT2D eigenvalue weighted by Crippen LogP contribution is 2.18. The number of nitrogens with zero attached hydrogens (tertiary/aromatic N) is 5. The molecule has 0 radical (unpaired) electrons. The number of rotatable bonds is 13. The number of nitrogen functional groups attached to an aromatic ring is 1. The summed E-state index contributed by atoms with van der Waals surface area (Å²) in [6.07, 6.45) is 2.73. The second-order valence-electron chi connectivity index (χ2n) is 8.29. The maximum absolute atomic E-state index is 12.6. The standard InChI is InChI=1S/C23H35N7O2/c1-4-5-16-32-22-26-20(24)19-21(27-22)30(23(31)25-19)13-9-12-29(15-14-28(2)3)17-18-10-7-6-8-11-18/h6-8,10-11H,4-5,9,12-17H2,1-3H3,(H,25,31)(H2,24,26,27). The first kappa shape index (κ1) is 23.7. The van der Waals surface area contributed by atoms with Crippen LogP contribution in [0.5, 0.6) is 6.01 Å². The van der Waals surface area contributed by atoms with E-state index in [2.05, 4.69) is 70.0 Å². The lowest BCUT2D eigenvalue weighted by Gasteiger charge is -2.24. The zero-order chi connectivity index (χ0) is 22.9. The lowest BCUT2D eigenvalue weighted by Crippen LogP contribution is -2.33. The van der Waals surface area contributed by atoms with E-state index in [0.717, 1.165) is 45.4 Å². The Labute approximate surface area is 189 Å². The average molecular weight is 442 g/mol. The van der Waals surface area contributed by atoms with Crippen molar-refractivity contribution in [2.75, 3.05) is 46.1 Å². The summed E-state index contributed by atoms with van der Waals surface area (Å²) in [6, 6.07) is 10.7. The Morgan fingerprint density at radius 2 is 1.88 bits per heavy atom. The Morgan fingerprint density at radius 1 is 1.09 bits per heavy atom. The topological polar surface area (TPSA) is 105 Å². The van der Waals surface area contributed by atoms with Gasteiger partial charge in [-0.05, 0) is 32.5 Å². The molecule has 0 aliphatic carbocycles. The number of likely N-dealkylation sites (N-methyl/N-ethyl adjacent to an activating group) is 1. The van der Waals surface area contributed by atoms with Gasteiger partial charge in [0.25, 0.3) is 0 Å². The highest BCUT2D eigenvalue weighted by molar-refractivity contribution is 5.81. The fourth-order valence-corrected chi connectivity index (χ4v) is 3.52.